The molecule has 1 fully saturated rings. The van der Waals surface area contributed by atoms with Crippen molar-refractivity contribution in [2.75, 3.05) is 19.7 Å². The van der Waals surface area contributed by atoms with E-state index in [9.17, 15) is 9.90 Å². The van der Waals surface area contributed by atoms with E-state index in [4.69, 9.17) is 5.11 Å². The van der Waals surface area contributed by atoms with Gasteiger partial charge in [0.05, 0.1) is 24.9 Å². The lowest BCUT2D eigenvalue weighted by molar-refractivity contribution is -0.00285. The highest BCUT2D eigenvalue weighted by atomic mass is 16.3. The Morgan fingerprint density at radius 2 is 2.17 bits per heavy atom. The SMILES string of the molecule is CC(NC(=O)N1CCC(O)(CO)C1)c1ccc(-n2cncn2)cc1. The monoisotopic (exact) mass is 331 g/mol. The summed E-state index contributed by atoms with van der Waals surface area (Å²) in [6.07, 6.45) is 3.48. The van der Waals surface area contributed by atoms with E-state index in [1.807, 2.05) is 31.2 Å². The molecule has 8 heteroatoms. The molecule has 0 aliphatic carbocycles. The molecule has 1 aliphatic rings. The quantitative estimate of drug-likeness (QED) is 0.755. The van der Waals surface area contributed by atoms with Gasteiger partial charge >= 0.3 is 6.03 Å². The van der Waals surface area contributed by atoms with Crippen molar-refractivity contribution in [1.29, 1.82) is 0 Å². The van der Waals surface area contributed by atoms with E-state index in [0.29, 0.717) is 13.0 Å². The van der Waals surface area contributed by atoms with Crippen molar-refractivity contribution in [3.05, 3.63) is 42.5 Å². The van der Waals surface area contributed by atoms with Crippen LogP contribution in [0.5, 0.6) is 0 Å². The molecular formula is C16H21N5O3. The number of likely N-dealkylation sites (tertiary alicyclic amines) is 1. The van der Waals surface area contributed by atoms with E-state index in [1.54, 1.807) is 11.0 Å². The molecule has 2 heterocycles. The second-order valence-electron chi connectivity index (χ2n) is 6.16. The summed E-state index contributed by atoms with van der Waals surface area (Å²) in [7, 11) is 0. The summed E-state index contributed by atoms with van der Waals surface area (Å²) in [6, 6.07) is 7.25. The molecule has 2 atom stereocenters. The van der Waals surface area contributed by atoms with Crippen molar-refractivity contribution in [3.63, 3.8) is 0 Å². The number of urea groups is 1. The van der Waals surface area contributed by atoms with Gasteiger partial charge in [0.25, 0.3) is 0 Å². The molecule has 0 spiro atoms. The summed E-state index contributed by atoms with van der Waals surface area (Å²) in [5, 5.41) is 26.2. The van der Waals surface area contributed by atoms with E-state index in [2.05, 4.69) is 15.4 Å². The number of β-amino-alcohol motifs (C(OH)–C–C–N with tert-alkyl or cyclic N) is 1. The molecule has 3 rings (SSSR count). The van der Waals surface area contributed by atoms with Crippen molar-refractivity contribution < 1.29 is 15.0 Å². The van der Waals surface area contributed by atoms with Crippen LogP contribution < -0.4 is 5.32 Å². The standard InChI is InChI=1S/C16H21N5O3/c1-12(19-15(23)20-7-6-16(24,8-20)9-22)13-2-4-14(5-3-13)21-11-17-10-18-21/h2-5,10-12,22,24H,6-9H2,1H3,(H,19,23). The van der Waals surface area contributed by atoms with Gasteiger partial charge in [-0.3, -0.25) is 0 Å². The van der Waals surface area contributed by atoms with Gasteiger partial charge in [-0.25, -0.2) is 14.5 Å². The topological polar surface area (TPSA) is 104 Å². The molecule has 1 aromatic heterocycles. The molecule has 8 nitrogen and oxygen atoms in total. The Morgan fingerprint density at radius 3 is 2.75 bits per heavy atom. The smallest absolute Gasteiger partial charge is 0.317 e. The van der Waals surface area contributed by atoms with Crippen molar-refractivity contribution in [3.8, 4) is 5.69 Å². The Hall–Kier alpha value is -2.45. The molecule has 1 saturated heterocycles. The molecule has 1 aromatic carbocycles. The molecule has 2 aromatic rings. The fourth-order valence-electron chi connectivity index (χ4n) is 2.78. The maximum absolute atomic E-state index is 12.3. The number of benzene rings is 1. The number of aliphatic hydroxyl groups excluding tert-OH is 1. The number of hydrogen-bond donors (Lipinski definition) is 3. The highest BCUT2D eigenvalue weighted by molar-refractivity contribution is 5.75. The third-order valence-corrected chi connectivity index (χ3v) is 4.33. The molecule has 2 unspecified atom stereocenters. The predicted molar refractivity (Wildman–Crippen MR) is 86.5 cm³/mol. The van der Waals surface area contributed by atoms with Crippen LogP contribution in [0.2, 0.25) is 0 Å². The predicted octanol–water partition coefficient (Wildman–Crippen LogP) is 0.467. The number of rotatable bonds is 4. The lowest BCUT2D eigenvalue weighted by Crippen LogP contribution is -2.43. The van der Waals surface area contributed by atoms with Gasteiger partial charge < -0.3 is 20.4 Å². The van der Waals surface area contributed by atoms with Crippen LogP contribution in [-0.4, -0.2) is 61.2 Å². The minimum Gasteiger partial charge on any atom is -0.393 e. The Balaban J connectivity index is 1.60. The van der Waals surface area contributed by atoms with E-state index in [-0.39, 0.29) is 25.2 Å². The zero-order chi connectivity index (χ0) is 17.2. The van der Waals surface area contributed by atoms with Gasteiger partial charge in [-0.1, -0.05) is 12.1 Å². The normalized spacial score (nSPS) is 21.7. The highest BCUT2D eigenvalue weighted by Gasteiger charge is 2.37. The molecular weight excluding hydrogens is 310 g/mol. The van der Waals surface area contributed by atoms with Crippen LogP contribution in [0, 0.1) is 0 Å². The first-order valence-electron chi connectivity index (χ1n) is 7.84. The number of nitrogens with one attached hydrogen (secondary N) is 1. The lowest BCUT2D eigenvalue weighted by Gasteiger charge is -2.23. The summed E-state index contributed by atoms with van der Waals surface area (Å²) < 4.78 is 1.66. The fraction of sp³-hybridized carbons (Fsp3) is 0.438. The van der Waals surface area contributed by atoms with Crippen molar-refractivity contribution in [2.24, 2.45) is 0 Å². The fourth-order valence-corrected chi connectivity index (χ4v) is 2.78. The van der Waals surface area contributed by atoms with Crippen LogP contribution in [-0.2, 0) is 0 Å². The Labute approximate surface area is 139 Å². The van der Waals surface area contributed by atoms with Gasteiger partial charge in [-0.2, -0.15) is 5.10 Å². The van der Waals surface area contributed by atoms with Crippen molar-refractivity contribution in [2.45, 2.75) is 25.0 Å². The Morgan fingerprint density at radius 1 is 1.42 bits per heavy atom. The number of hydrogen-bond acceptors (Lipinski definition) is 5. The molecule has 0 saturated carbocycles. The summed E-state index contributed by atoms with van der Waals surface area (Å²) in [6.45, 7) is 2.14. The average Bonchev–Trinajstić information content (AvgIpc) is 3.25. The van der Waals surface area contributed by atoms with Gasteiger partial charge in [0.15, 0.2) is 0 Å². The number of carbonyl (C=O) groups is 1. The first kappa shape index (κ1) is 16.4. The van der Waals surface area contributed by atoms with Crippen LogP contribution in [0.1, 0.15) is 24.9 Å². The third-order valence-electron chi connectivity index (χ3n) is 4.33. The summed E-state index contributed by atoms with van der Waals surface area (Å²) in [5.74, 6) is 0. The van der Waals surface area contributed by atoms with Gasteiger partial charge in [-0.15, -0.1) is 0 Å². The first-order valence-corrected chi connectivity index (χ1v) is 7.84. The minimum absolute atomic E-state index is 0.146. The third kappa shape index (κ3) is 3.39. The molecule has 2 amide bonds. The zero-order valence-electron chi connectivity index (χ0n) is 13.5. The van der Waals surface area contributed by atoms with Crippen LogP contribution in [0.4, 0.5) is 4.79 Å². The number of amides is 2. The van der Waals surface area contributed by atoms with E-state index >= 15 is 0 Å². The summed E-state index contributed by atoms with van der Waals surface area (Å²) >= 11 is 0. The van der Waals surface area contributed by atoms with Gasteiger partial charge in [0.2, 0.25) is 0 Å². The average molecular weight is 331 g/mol. The van der Waals surface area contributed by atoms with E-state index in [1.165, 1.54) is 11.2 Å². The molecule has 128 valence electrons. The summed E-state index contributed by atoms with van der Waals surface area (Å²) in [4.78, 5) is 17.7. The van der Waals surface area contributed by atoms with E-state index in [0.717, 1.165) is 11.3 Å². The number of nitrogens with zero attached hydrogens (tertiary/aromatic N) is 4. The Kier molecular flexibility index (Phi) is 4.50. The molecule has 0 radical (unpaired) electrons. The molecule has 24 heavy (non-hydrogen) atoms. The lowest BCUT2D eigenvalue weighted by atomic mass is 10.1. The number of carbonyl (C=O) groups excluding carboxylic acids is 1. The molecule has 0 bridgehead atoms. The van der Waals surface area contributed by atoms with Gasteiger partial charge in [0, 0.05) is 6.54 Å². The van der Waals surface area contributed by atoms with Crippen LogP contribution in [0.25, 0.3) is 5.69 Å². The second kappa shape index (κ2) is 6.58. The highest BCUT2D eigenvalue weighted by Crippen LogP contribution is 2.21. The maximum Gasteiger partial charge on any atom is 0.317 e. The minimum atomic E-state index is -1.18. The van der Waals surface area contributed by atoms with Gasteiger partial charge in [-0.05, 0) is 31.0 Å². The van der Waals surface area contributed by atoms with Crippen LogP contribution in [0.3, 0.4) is 0 Å². The molecule has 1 aliphatic heterocycles. The largest absolute Gasteiger partial charge is 0.393 e. The number of aromatic nitrogens is 3. The zero-order valence-corrected chi connectivity index (χ0v) is 13.5. The summed E-state index contributed by atoms with van der Waals surface area (Å²) in [5.41, 5.74) is 0.672. The first-order chi connectivity index (χ1) is 11.5. The second-order valence-corrected chi connectivity index (χ2v) is 6.16. The molecule has 3 N–H and O–H groups in total. The van der Waals surface area contributed by atoms with E-state index < -0.39 is 5.60 Å². The van der Waals surface area contributed by atoms with Crippen molar-refractivity contribution >= 4 is 6.03 Å². The van der Waals surface area contributed by atoms with Crippen molar-refractivity contribution in [1.82, 2.24) is 25.0 Å². The Bertz CT molecular complexity index is 688. The van der Waals surface area contributed by atoms with Crippen LogP contribution in [0.15, 0.2) is 36.9 Å². The van der Waals surface area contributed by atoms with Crippen LogP contribution >= 0.6 is 0 Å². The number of aliphatic hydroxyl groups is 2. The maximum atomic E-state index is 12.3. The van der Waals surface area contributed by atoms with Gasteiger partial charge in [0.1, 0.15) is 18.3 Å².